The van der Waals surface area contributed by atoms with Crippen LogP contribution in [0.15, 0.2) is 211 Å². The number of para-hydroxylation sites is 1. The van der Waals surface area contributed by atoms with E-state index in [1.54, 1.807) is 0 Å². The number of nitrogens with zero attached hydrogens (tertiary/aromatic N) is 4. The van der Waals surface area contributed by atoms with E-state index in [0.29, 0.717) is 17.5 Å². The molecule has 3 heterocycles. The van der Waals surface area contributed by atoms with Crippen molar-refractivity contribution >= 4 is 97.6 Å². The maximum Gasteiger partial charge on any atom is 0.164 e. The SMILES string of the molecule is c1ccc2cc(-c3nc(-c4ccc5c(ccc6ccccc65)c4)nc(-c4ccc5oc6ccc7ccc(-n8c9ccccc9c9cc%10ccccc%10cc98)cc7c6c5c4)n3)ccc2c1. The average molecular weight is 815 g/mol. The number of fused-ring (bicyclic) bond motifs is 13. The second-order valence-electron chi connectivity index (χ2n) is 16.8. The molecule has 0 aliphatic heterocycles. The number of hydrogen-bond acceptors (Lipinski definition) is 4. The van der Waals surface area contributed by atoms with Gasteiger partial charge in [-0.15, -0.1) is 0 Å². The Morgan fingerprint density at radius 1 is 0.297 bits per heavy atom. The number of benzene rings is 11. The average Bonchev–Trinajstić information content (AvgIpc) is 3.90. The molecule has 5 nitrogen and oxygen atoms in total. The molecule has 14 rings (SSSR count). The summed E-state index contributed by atoms with van der Waals surface area (Å²) < 4.78 is 9.01. The van der Waals surface area contributed by atoms with Crippen molar-refractivity contribution in [2.75, 3.05) is 0 Å². The Kier molecular flexibility index (Phi) is 7.33. The highest BCUT2D eigenvalue weighted by molar-refractivity contribution is 6.20. The second kappa shape index (κ2) is 13.4. The molecule has 0 radical (unpaired) electrons. The van der Waals surface area contributed by atoms with Gasteiger partial charge >= 0.3 is 0 Å². The van der Waals surface area contributed by atoms with Crippen molar-refractivity contribution in [2.24, 2.45) is 0 Å². The Labute approximate surface area is 366 Å². The van der Waals surface area contributed by atoms with Gasteiger partial charge in [0.15, 0.2) is 17.5 Å². The fraction of sp³-hybridized carbons (Fsp3) is 0. The van der Waals surface area contributed by atoms with Crippen molar-refractivity contribution in [2.45, 2.75) is 0 Å². The third kappa shape index (κ3) is 5.34. The summed E-state index contributed by atoms with van der Waals surface area (Å²) in [5.74, 6) is 1.84. The van der Waals surface area contributed by atoms with Gasteiger partial charge in [0, 0.05) is 43.9 Å². The van der Waals surface area contributed by atoms with Gasteiger partial charge in [0.2, 0.25) is 0 Å². The first kappa shape index (κ1) is 35.0. The van der Waals surface area contributed by atoms with Gasteiger partial charge in [-0.1, -0.05) is 140 Å². The molecule has 0 bridgehead atoms. The summed E-state index contributed by atoms with van der Waals surface area (Å²) in [5.41, 5.74) is 7.84. The van der Waals surface area contributed by atoms with Crippen molar-refractivity contribution in [3.8, 4) is 39.9 Å². The van der Waals surface area contributed by atoms with Crippen LogP contribution in [0, 0.1) is 0 Å². The standard InChI is InChI=1S/C59H34N4O/c1-2-11-38-29-42(20-17-35(38)9-1)57-60-58(43-22-26-47-41(30-43)19-18-36-10-5-6-14-46(36)47)62-59(61-57)44-24-27-54-51(32-44)56-49-34-45(25-21-37(49)23-28-55(56)64-54)63-52-16-8-7-15-48(52)50-31-39-12-3-4-13-40(39)33-53(50)63/h1-34H. The van der Waals surface area contributed by atoms with Crippen LogP contribution in [0.2, 0.25) is 0 Å². The molecule has 0 N–H and O–H groups in total. The first-order chi connectivity index (χ1) is 31.7. The van der Waals surface area contributed by atoms with Gasteiger partial charge in [-0.05, 0) is 121 Å². The van der Waals surface area contributed by atoms with E-state index in [4.69, 9.17) is 19.4 Å². The second-order valence-corrected chi connectivity index (χ2v) is 16.8. The van der Waals surface area contributed by atoms with E-state index in [2.05, 4.69) is 211 Å². The lowest BCUT2D eigenvalue weighted by Crippen LogP contribution is -2.00. The summed E-state index contributed by atoms with van der Waals surface area (Å²) in [4.78, 5) is 15.6. The quantitative estimate of drug-likeness (QED) is 0.166. The van der Waals surface area contributed by atoms with Crippen LogP contribution >= 0.6 is 0 Å². The lowest BCUT2D eigenvalue weighted by Gasteiger charge is -2.11. The first-order valence-electron chi connectivity index (χ1n) is 21.7. The number of rotatable bonds is 4. The smallest absolute Gasteiger partial charge is 0.164 e. The van der Waals surface area contributed by atoms with Crippen molar-refractivity contribution in [3.05, 3.63) is 206 Å². The van der Waals surface area contributed by atoms with Crippen LogP contribution < -0.4 is 0 Å². The highest BCUT2D eigenvalue weighted by Crippen LogP contribution is 2.40. The summed E-state index contributed by atoms with van der Waals surface area (Å²) in [6.45, 7) is 0. The molecular weight excluding hydrogens is 781 g/mol. The highest BCUT2D eigenvalue weighted by atomic mass is 16.3. The van der Waals surface area contributed by atoms with Gasteiger partial charge in [-0.2, -0.15) is 0 Å². The minimum Gasteiger partial charge on any atom is -0.456 e. The zero-order chi connectivity index (χ0) is 41.9. The van der Waals surface area contributed by atoms with Crippen LogP contribution in [0.4, 0.5) is 0 Å². The molecule has 5 heteroatoms. The van der Waals surface area contributed by atoms with Crippen LogP contribution in [-0.4, -0.2) is 19.5 Å². The van der Waals surface area contributed by atoms with Gasteiger partial charge in [0.25, 0.3) is 0 Å². The van der Waals surface area contributed by atoms with E-state index in [9.17, 15) is 0 Å². The minimum absolute atomic E-state index is 0.599. The summed E-state index contributed by atoms with van der Waals surface area (Å²) in [6.07, 6.45) is 0. The van der Waals surface area contributed by atoms with Gasteiger partial charge in [-0.25, -0.2) is 15.0 Å². The number of hydrogen-bond donors (Lipinski definition) is 0. The molecule has 296 valence electrons. The van der Waals surface area contributed by atoms with Crippen LogP contribution in [0.25, 0.3) is 137 Å². The highest BCUT2D eigenvalue weighted by Gasteiger charge is 2.19. The summed E-state index contributed by atoms with van der Waals surface area (Å²) in [5, 5.41) is 16.3. The van der Waals surface area contributed by atoms with Crippen molar-refractivity contribution in [3.63, 3.8) is 0 Å². The van der Waals surface area contributed by atoms with Gasteiger partial charge in [0.1, 0.15) is 11.2 Å². The fourth-order valence-electron chi connectivity index (χ4n) is 10.0. The molecule has 0 aliphatic carbocycles. The van der Waals surface area contributed by atoms with Crippen LogP contribution in [0.1, 0.15) is 0 Å². The van der Waals surface area contributed by atoms with Crippen molar-refractivity contribution in [1.29, 1.82) is 0 Å². The van der Waals surface area contributed by atoms with Gasteiger partial charge in [-0.3, -0.25) is 0 Å². The largest absolute Gasteiger partial charge is 0.456 e. The van der Waals surface area contributed by atoms with Crippen LogP contribution in [0.5, 0.6) is 0 Å². The maximum atomic E-state index is 6.61. The number of furan rings is 1. The van der Waals surface area contributed by atoms with Crippen LogP contribution in [0.3, 0.4) is 0 Å². The molecule has 0 aliphatic rings. The van der Waals surface area contributed by atoms with Crippen molar-refractivity contribution < 1.29 is 4.42 Å². The minimum atomic E-state index is 0.599. The third-order valence-electron chi connectivity index (χ3n) is 13.1. The Bertz CT molecular complexity index is 4270. The monoisotopic (exact) mass is 814 g/mol. The fourth-order valence-corrected chi connectivity index (χ4v) is 10.0. The first-order valence-corrected chi connectivity index (χ1v) is 21.7. The van der Waals surface area contributed by atoms with E-state index < -0.39 is 0 Å². The van der Waals surface area contributed by atoms with E-state index in [-0.39, 0.29) is 0 Å². The van der Waals surface area contributed by atoms with Gasteiger partial charge < -0.3 is 8.98 Å². The molecule has 3 aromatic heterocycles. The lowest BCUT2D eigenvalue weighted by molar-refractivity contribution is 0.669. The van der Waals surface area contributed by atoms with E-state index in [0.717, 1.165) is 65.9 Å². The Morgan fingerprint density at radius 3 is 1.64 bits per heavy atom. The molecule has 11 aromatic carbocycles. The van der Waals surface area contributed by atoms with Crippen LogP contribution in [-0.2, 0) is 0 Å². The predicted octanol–water partition coefficient (Wildman–Crippen LogP) is 15.6. The number of aromatic nitrogens is 4. The zero-order valence-corrected chi connectivity index (χ0v) is 34.3. The molecule has 64 heavy (non-hydrogen) atoms. The van der Waals surface area contributed by atoms with E-state index >= 15 is 0 Å². The lowest BCUT2D eigenvalue weighted by atomic mass is 10.00. The summed E-state index contributed by atoms with van der Waals surface area (Å²) in [7, 11) is 0. The Morgan fingerprint density at radius 2 is 0.828 bits per heavy atom. The van der Waals surface area contributed by atoms with E-state index in [1.807, 2.05) is 0 Å². The summed E-state index contributed by atoms with van der Waals surface area (Å²) in [6, 6.07) is 73.5. The Hall–Kier alpha value is -8.67. The molecule has 0 atom stereocenters. The molecule has 0 amide bonds. The molecule has 0 unspecified atom stereocenters. The van der Waals surface area contributed by atoms with E-state index in [1.165, 1.54) is 54.1 Å². The Balaban J connectivity index is 0.969. The molecule has 0 fully saturated rings. The van der Waals surface area contributed by atoms with Gasteiger partial charge in [0.05, 0.1) is 11.0 Å². The zero-order valence-electron chi connectivity index (χ0n) is 34.3. The molecule has 0 saturated carbocycles. The molecule has 0 spiro atoms. The molecule has 14 aromatic rings. The normalized spacial score (nSPS) is 12.1. The van der Waals surface area contributed by atoms with Crippen molar-refractivity contribution in [1.82, 2.24) is 19.5 Å². The predicted molar refractivity (Wildman–Crippen MR) is 265 cm³/mol. The maximum absolute atomic E-state index is 6.61. The molecule has 0 saturated heterocycles. The molecular formula is C59H34N4O. The third-order valence-corrected chi connectivity index (χ3v) is 13.1. The topological polar surface area (TPSA) is 56.7 Å². The summed E-state index contributed by atoms with van der Waals surface area (Å²) >= 11 is 0.